The van der Waals surface area contributed by atoms with Gasteiger partial charge in [0.2, 0.25) is 12.2 Å². The number of rotatable bonds is 7. The van der Waals surface area contributed by atoms with Gasteiger partial charge in [0.1, 0.15) is 24.5 Å². The number of halogens is 1. The quantitative estimate of drug-likeness (QED) is 0.436. The molecule has 5 atom stereocenters. The number of carbonyl (C=O) groups excluding carboxylic acids is 4. The summed E-state index contributed by atoms with van der Waals surface area (Å²) in [6.07, 6.45) is -4.51. The van der Waals surface area contributed by atoms with Gasteiger partial charge in [-0.1, -0.05) is 15.9 Å². The molecule has 1 amide bonds. The summed E-state index contributed by atoms with van der Waals surface area (Å²) < 4.78 is 28.4. The predicted molar refractivity (Wildman–Crippen MR) is 109 cm³/mol. The Bertz CT molecular complexity index is 813. The van der Waals surface area contributed by atoms with Crippen molar-refractivity contribution in [2.24, 2.45) is 0 Å². The van der Waals surface area contributed by atoms with E-state index in [1.165, 1.54) is 27.7 Å². The van der Waals surface area contributed by atoms with Crippen LogP contribution in [0.25, 0.3) is 0 Å². The monoisotopic (exact) mass is 501 g/mol. The summed E-state index contributed by atoms with van der Waals surface area (Å²) in [4.78, 5) is 46.7. The highest BCUT2D eigenvalue weighted by molar-refractivity contribution is 9.10. The Hall–Kier alpha value is -2.66. The number of carbonyl (C=O) groups is 4. The average Bonchev–Trinajstić information content (AvgIpc) is 2.65. The second kappa shape index (κ2) is 11.1. The lowest BCUT2D eigenvalue weighted by Crippen LogP contribution is -2.67. The molecule has 1 fully saturated rings. The minimum absolute atomic E-state index is 0.294. The van der Waals surface area contributed by atoms with Gasteiger partial charge in [-0.3, -0.25) is 19.2 Å². The first-order chi connectivity index (χ1) is 14.6. The summed E-state index contributed by atoms with van der Waals surface area (Å²) >= 11 is 3.33. The Labute approximate surface area is 187 Å². The third kappa shape index (κ3) is 7.51. The highest BCUT2D eigenvalue weighted by Gasteiger charge is 2.51. The summed E-state index contributed by atoms with van der Waals surface area (Å²) in [5, 5.41) is 2.63. The van der Waals surface area contributed by atoms with Gasteiger partial charge < -0.3 is 29.0 Å². The minimum atomic E-state index is -1.17. The van der Waals surface area contributed by atoms with Crippen molar-refractivity contribution < 1.29 is 42.9 Å². The molecular weight excluding hydrogens is 478 g/mol. The van der Waals surface area contributed by atoms with Gasteiger partial charge in [0, 0.05) is 32.2 Å². The lowest BCUT2D eigenvalue weighted by atomic mass is 9.96. The summed E-state index contributed by atoms with van der Waals surface area (Å²) in [6, 6.07) is 5.79. The van der Waals surface area contributed by atoms with Crippen molar-refractivity contribution in [3.05, 3.63) is 28.7 Å². The Morgan fingerprint density at radius 3 is 2.03 bits per heavy atom. The van der Waals surface area contributed by atoms with Crippen molar-refractivity contribution in [3.63, 3.8) is 0 Å². The molecule has 1 aliphatic heterocycles. The SMILES string of the molecule is CC(=O)N[C@H]1[C@H](Oc2ccc(Br)cc2)O[C@H](COC(C)=O)[C@@H](OC(C)=O)[C@@H]1OC(C)=O. The van der Waals surface area contributed by atoms with Crippen LogP contribution in [0, 0.1) is 0 Å². The van der Waals surface area contributed by atoms with Gasteiger partial charge in [-0.2, -0.15) is 0 Å². The molecule has 1 aromatic carbocycles. The Morgan fingerprint density at radius 2 is 1.52 bits per heavy atom. The van der Waals surface area contributed by atoms with E-state index in [-0.39, 0.29) is 6.61 Å². The van der Waals surface area contributed by atoms with Crippen molar-refractivity contribution in [2.45, 2.75) is 58.3 Å². The number of nitrogens with one attached hydrogen (secondary N) is 1. The third-order valence-electron chi connectivity index (χ3n) is 4.14. The fraction of sp³-hybridized carbons (Fsp3) is 0.500. The van der Waals surface area contributed by atoms with E-state index in [2.05, 4.69) is 21.2 Å². The van der Waals surface area contributed by atoms with Crippen LogP contribution in [0.2, 0.25) is 0 Å². The molecule has 0 saturated carbocycles. The van der Waals surface area contributed by atoms with E-state index in [0.717, 1.165) is 4.47 Å². The summed E-state index contributed by atoms with van der Waals surface area (Å²) in [5.41, 5.74) is 0. The normalized spacial score (nSPS) is 25.1. The van der Waals surface area contributed by atoms with Crippen LogP contribution in [-0.4, -0.2) is 61.1 Å². The van der Waals surface area contributed by atoms with Gasteiger partial charge in [0.15, 0.2) is 12.2 Å². The Kier molecular flexibility index (Phi) is 8.81. The summed E-state index contributed by atoms with van der Waals surface area (Å²) in [6.45, 7) is 4.54. The molecule has 1 aromatic rings. The minimum Gasteiger partial charge on any atom is -0.463 e. The molecule has 0 radical (unpaired) electrons. The lowest BCUT2D eigenvalue weighted by Gasteiger charge is -2.44. The van der Waals surface area contributed by atoms with E-state index in [0.29, 0.717) is 5.75 Å². The number of benzene rings is 1. The second-order valence-corrected chi connectivity index (χ2v) is 7.71. The van der Waals surface area contributed by atoms with Crippen molar-refractivity contribution in [1.82, 2.24) is 5.32 Å². The smallest absolute Gasteiger partial charge is 0.303 e. The molecule has 170 valence electrons. The molecule has 10 nitrogen and oxygen atoms in total. The molecule has 1 N–H and O–H groups in total. The van der Waals surface area contributed by atoms with Crippen LogP contribution in [-0.2, 0) is 38.1 Å². The zero-order valence-corrected chi connectivity index (χ0v) is 19.0. The first kappa shape index (κ1) is 24.6. The Balaban J connectivity index is 2.43. The van der Waals surface area contributed by atoms with Crippen molar-refractivity contribution in [2.75, 3.05) is 6.61 Å². The maximum Gasteiger partial charge on any atom is 0.303 e. The van der Waals surface area contributed by atoms with Crippen LogP contribution in [0.1, 0.15) is 27.7 Å². The van der Waals surface area contributed by atoms with Crippen LogP contribution < -0.4 is 10.1 Å². The van der Waals surface area contributed by atoms with Crippen LogP contribution in [0.15, 0.2) is 28.7 Å². The van der Waals surface area contributed by atoms with Gasteiger partial charge in [0.05, 0.1) is 0 Å². The standard InChI is InChI=1S/C20H24BrNO9/c1-10(23)22-17-19(29-13(4)26)18(28-12(3)25)16(9-27-11(2)24)31-20(17)30-15-7-5-14(21)6-8-15/h5-8,16-20H,9H2,1-4H3,(H,22,23)/t16-,17-,18-,19-,20-/m1/s1. The molecular formula is C20H24BrNO9. The zero-order chi connectivity index (χ0) is 23.1. The topological polar surface area (TPSA) is 126 Å². The highest BCUT2D eigenvalue weighted by Crippen LogP contribution is 2.29. The number of esters is 3. The maximum atomic E-state index is 11.9. The molecule has 0 aromatic heterocycles. The van der Waals surface area contributed by atoms with Gasteiger partial charge >= 0.3 is 17.9 Å². The number of ether oxygens (including phenoxy) is 5. The number of amides is 1. The lowest BCUT2D eigenvalue weighted by molar-refractivity contribution is -0.257. The fourth-order valence-electron chi connectivity index (χ4n) is 3.04. The Morgan fingerprint density at radius 1 is 0.935 bits per heavy atom. The van der Waals surface area contributed by atoms with E-state index in [4.69, 9.17) is 23.7 Å². The molecule has 1 heterocycles. The van der Waals surface area contributed by atoms with E-state index < -0.39 is 54.5 Å². The zero-order valence-electron chi connectivity index (χ0n) is 17.5. The van der Waals surface area contributed by atoms with Gasteiger partial charge in [-0.05, 0) is 24.3 Å². The molecule has 0 aliphatic carbocycles. The van der Waals surface area contributed by atoms with Gasteiger partial charge in [-0.25, -0.2) is 0 Å². The average molecular weight is 502 g/mol. The predicted octanol–water partition coefficient (Wildman–Crippen LogP) is 1.48. The van der Waals surface area contributed by atoms with Gasteiger partial charge in [-0.15, -0.1) is 0 Å². The largest absolute Gasteiger partial charge is 0.463 e. The van der Waals surface area contributed by atoms with Crippen molar-refractivity contribution in [3.8, 4) is 5.75 Å². The second-order valence-electron chi connectivity index (χ2n) is 6.79. The third-order valence-corrected chi connectivity index (χ3v) is 4.67. The van der Waals surface area contributed by atoms with Crippen LogP contribution in [0.5, 0.6) is 5.75 Å². The van der Waals surface area contributed by atoms with Crippen LogP contribution >= 0.6 is 15.9 Å². The summed E-state index contributed by atoms with van der Waals surface area (Å²) in [7, 11) is 0. The van der Waals surface area contributed by atoms with E-state index in [1.54, 1.807) is 24.3 Å². The van der Waals surface area contributed by atoms with Crippen molar-refractivity contribution >= 4 is 39.7 Å². The van der Waals surface area contributed by atoms with E-state index in [9.17, 15) is 19.2 Å². The van der Waals surface area contributed by atoms with E-state index in [1.807, 2.05) is 0 Å². The molecule has 0 spiro atoms. The number of hydrogen-bond donors (Lipinski definition) is 1. The molecule has 0 bridgehead atoms. The molecule has 31 heavy (non-hydrogen) atoms. The van der Waals surface area contributed by atoms with Crippen LogP contribution in [0.3, 0.4) is 0 Å². The number of hydrogen-bond acceptors (Lipinski definition) is 9. The molecule has 0 unspecified atom stereocenters. The maximum absolute atomic E-state index is 11.9. The van der Waals surface area contributed by atoms with Crippen molar-refractivity contribution in [1.29, 1.82) is 0 Å². The molecule has 1 aliphatic rings. The summed E-state index contributed by atoms with van der Waals surface area (Å²) in [5.74, 6) is -1.97. The molecule has 1 saturated heterocycles. The molecule has 11 heteroatoms. The van der Waals surface area contributed by atoms with Crippen LogP contribution in [0.4, 0.5) is 0 Å². The first-order valence-corrected chi connectivity index (χ1v) is 10.2. The highest BCUT2D eigenvalue weighted by atomic mass is 79.9. The molecule has 2 rings (SSSR count). The van der Waals surface area contributed by atoms with E-state index >= 15 is 0 Å². The van der Waals surface area contributed by atoms with Gasteiger partial charge in [0.25, 0.3) is 0 Å². The first-order valence-electron chi connectivity index (χ1n) is 9.39. The fourth-order valence-corrected chi connectivity index (χ4v) is 3.30.